The van der Waals surface area contributed by atoms with E-state index in [-0.39, 0.29) is 11.7 Å². The Balaban J connectivity index is 2.26. The Morgan fingerprint density at radius 1 is 0.960 bits per heavy atom. The van der Waals surface area contributed by atoms with Gasteiger partial charge in [0.25, 0.3) is 0 Å². The second kappa shape index (κ2) is 9.83. The van der Waals surface area contributed by atoms with E-state index in [2.05, 4.69) is 44.2 Å². The minimum absolute atomic E-state index is 0.0907. The first-order chi connectivity index (χ1) is 12.2. The number of rotatable bonds is 9. The molecule has 2 rings (SSSR count). The third kappa shape index (κ3) is 5.06. The maximum atomic E-state index is 12.9. The van der Waals surface area contributed by atoms with E-state index in [4.69, 9.17) is 4.74 Å². The molecule has 0 amide bonds. The molecule has 0 fully saturated rings. The van der Waals surface area contributed by atoms with E-state index in [1.807, 2.05) is 30.3 Å². The van der Waals surface area contributed by atoms with E-state index >= 15 is 0 Å². The molecule has 0 spiro atoms. The molecule has 0 heterocycles. The van der Waals surface area contributed by atoms with Crippen LogP contribution in [-0.4, -0.2) is 12.9 Å². The van der Waals surface area contributed by atoms with Gasteiger partial charge in [-0.15, -0.1) is 0 Å². The summed E-state index contributed by atoms with van der Waals surface area (Å²) in [7, 11) is 1.70. The number of hydrogen-bond acceptors (Lipinski definition) is 2. The number of carbonyl (C=O) groups excluding carboxylic acids is 1. The average Bonchev–Trinajstić information content (AvgIpc) is 2.67. The molecule has 0 aliphatic carbocycles. The van der Waals surface area contributed by atoms with Crippen LogP contribution in [-0.2, 0) is 4.74 Å². The van der Waals surface area contributed by atoms with Crippen molar-refractivity contribution < 1.29 is 9.53 Å². The summed E-state index contributed by atoms with van der Waals surface area (Å²) in [5.74, 6) is 1.01. The SMILES string of the molecule is CCC/C=C(/OC)c1ccc(C(CCC)C(=O)c2ccccc2)cc1. The minimum Gasteiger partial charge on any atom is -0.496 e. The molecule has 0 saturated carbocycles. The van der Waals surface area contributed by atoms with Gasteiger partial charge in [-0.05, 0) is 24.5 Å². The summed E-state index contributed by atoms with van der Waals surface area (Å²) in [6.45, 7) is 4.27. The summed E-state index contributed by atoms with van der Waals surface area (Å²) in [6, 6.07) is 17.8. The van der Waals surface area contributed by atoms with Crippen molar-refractivity contribution in [3.63, 3.8) is 0 Å². The Morgan fingerprint density at radius 3 is 2.20 bits per heavy atom. The van der Waals surface area contributed by atoms with Crippen molar-refractivity contribution in [3.8, 4) is 0 Å². The highest BCUT2D eigenvalue weighted by Crippen LogP contribution is 2.27. The Hall–Kier alpha value is -2.35. The standard InChI is InChI=1S/C23H28O2/c1-4-6-13-22(25-3)19-16-14-18(15-17-19)21(10-5-2)23(24)20-11-8-7-9-12-20/h7-9,11-17,21H,4-6,10H2,1-3H3/b22-13+. The van der Waals surface area contributed by atoms with Gasteiger partial charge in [0.2, 0.25) is 0 Å². The molecule has 132 valence electrons. The van der Waals surface area contributed by atoms with Crippen LogP contribution in [0.25, 0.3) is 5.76 Å². The predicted molar refractivity (Wildman–Crippen MR) is 105 cm³/mol. The monoisotopic (exact) mass is 336 g/mol. The largest absolute Gasteiger partial charge is 0.496 e. The van der Waals surface area contributed by atoms with Gasteiger partial charge in [-0.25, -0.2) is 0 Å². The molecule has 0 aliphatic heterocycles. The maximum Gasteiger partial charge on any atom is 0.170 e. The Morgan fingerprint density at radius 2 is 1.64 bits per heavy atom. The molecule has 2 aromatic carbocycles. The number of allylic oxidation sites excluding steroid dienone is 1. The van der Waals surface area contributed by atoms with Crippen molar-refractivity contribution in [3.05, 3.63) is 77.4 Å². The number of ketones is 1. The fraction of sp³-hybridized carbons (Fsp3) is 0.348. The highest BCUT2D eigenvalue weighted by Gasteiger charge is 2.21. The maximum absolute atomic E-state index is 12.9. The number of carbonyl (C=O) groups is 1. The van der Waals surface area contributed by atoms with E-state index in [0.717, 1.165) is 48.1 Å². The molecule has 0 N–H and O–H groups in total. The van der Waals surface area contributed by atoms with Crippen LogP contribution in [0, 0.1) is 0 Å². The van der Waals surface area contributed by atoms with Crippen LogP contribution in [0.3, 0.4) is 0 Å². The number of unbranched alkanes of at least 4 members (excludes halogenated alkanes) is 1. The van der Waals surface area contributed by atoms with E-state index in [9.17, 15) is 4.79 Å². The van der Waals surface area contributed by atoms with Gasteiger partial charge in [0.05, 0.1) is 7.11 Å². The van der Waals surface area contributed by atoms with Crippen LogP contribution in [0.2, 0.25) is 0 Å². The number of ether oxygens (including phenoxy) is 1. The summed E-state index contributed by atoms with van der Waals surface area (Å²) >= 11 is 0. The minimum atomic E-state index is -0.0907. The third-order valence-electron chi connectivity index (χ3n) is 4.39. The lowest BCUT2D eigenvalue weighted by molar-refractivity contribution is 0.0954. The number of benzene rings is 2. The number of Topliss-reactive ketones (excluding diaryl/α,β-unsaturated/α-hetero) is 1. The van der Waals surface area contributed by atoms with Crippen LogP contribution in [0.5, 0.6) is 0 Å². The lowest BCUT2D eigenvalue weighted by Gasteiger charge is -2.16. The fourth-order valence-electron chi connectivity index (χ4n) is 3.02. The zero-order valence-corrected chi connectivity index (χ0v) is 15.5. The molecular weight excluding hydrogens is 308 g/mol. The van der Waals surface area contributed by atoms with Gasteiger partial charge >= 0.3 is 0 Å². The van der Waals surface area contributed by atoms with Crippen molar-refractivity contribution in [1.29, 1.82) is 0 Å². The fourth-order valence-corrected chi connectivity index (χ4v) is 3.02. The summed E-state index contributed by atoms with van der Waals surface area (Å²) in [4.78, 5) is 12.9. The number of methoxy groups -OCH3 is 1. The Kier molecular flexibility index (Phi) is 7.46. The van der Waals surface area contributed by atoms with E-state index in [1.165, 1.54) is 0 Å². The van der Waals surface area contributed by atoms with Gasteiger partial charge in [-0.2, -0.15) is 0 Å². The quantitative estimate of drug-likeness (QED) is 0.400. The first-order valence-corrected chi connectivity index (χ1v) is 9.15. The normalized spacial score (nSPS) is 12.7. The molecule has 1 atom stereocenters. The van der Waals surface area contributed by atoms with Crippen molar-refractivity contribution in [1.82, 2.24) is 0 Å². The van der Waals surface area contributed by atoms with Crippen molar-refractivity contribution in [2.75, 3.05) is 7.11 Å². The van der Waals surface area contributed by atoms with Gasteiger partial charge in [0.15, 0.2) is 5.78 Å². The second-order valence-corrected chi connectivity index (χ2v) is 6.25. The predicted octanol–water partition coefficient (Wildman–Crippen LogP) is 6.24. The van der Waals surface area contributed by atoms with Crippen LogP contribution in [0.1, 0.15) is 66.9 Å². The Bertz CT molecular complexity index is 684. The smallest absolute Gasteiger partial charge is 0.170 e. The average molecular weight is 336 g/mol. The van der Waals surface area contributed by atoms with E-state index in [1.54, 1.807) is 7.11 Å². The van der Waals surface area contributed by atoms with E-state index in [0.29, 0.717) is 0 Å². The lowest BCUT2D eigenvalue weighted by Crippen LogP contribution is -2.13. The number of hydrogen-bond donors (Lipinski definition) is 0. The van der Waals surface area contributed by atoms with Gasteiger partial charge in [-0.3, -0.25) is 4.79 Å². The molecular formula is C23H28O2. The molecule has 0 aliphatic rings. The molecule has 25 heavy (non-hydrogen) atoms. The molecule has 0 radical (unpaired) electrons. The highest BCUT2D eigenvalue weighted by molar-refractivity contribution is 6.00. The topological polar surface area (TPSA) is 26.3 Å². The molecule has 0 aromatic heterocycles. The first-order valence-electron chi connectivity index (χ1n) is 9.15. The van der Waals surface area contributed by atoms with Gasteiger partial charge in [0, 0.05) is 17.0 Å². The molecule has 1 unspecified atom stereocenters. The zero-order chi connectivity index (χ0) is 18.1. The summed E-state index contributed by atoms with van der Waals surface area (Å²) < 4.78 is 5.50. The van der Waals surface area contributed by atoms with Gasteiger partial charge in [-0.1, -0.05) is 81.3 Å². The Labute approximate surface area is 151 Å². The van der Waals surface area contributed by atoms with Crippen LogP contribution >= 0.6 is 0 Å². The van der Waals surface area contributed by atoms with Crippen LogP contribution < -0.4 is 0 Å². The second-order valence-electron chi connectivity index (χ2n) is 6.25. The van der Waals surface area contributed by atoms with Gasteiger partial charge < -0.3 is 4.74 Å². The van der Waals surface area contributed by atoms with Gasteiger partial charge in [0.1, 0.15) is 5.76 Å². The molecule has 2 aromatic rings. The molecule has 2 nitrogen and oxygen atoms in total. The highest BCUT2D eigenvalue weighted by atomic mass is 16.5. The first kappa shape index (κ1) is 19.0. The summed E-state index contributed by atoms with van der Waals surface area (Å²) in [6.07, 6.45) is 6.04. The molecule has 2 heteroatoms. The zero-order valence-electron chi connectivity index (χ0n) is 15.5. The van der Waals surface area contributed by atoms with E-state index < -0.39 is 0 Å². The van der Waals surface area contributed by atoms with Crippen molar-refractivity contribution in [2.24, 2.45) is 0 Å². The van der Waals surface area contributed by atoms with Crippen molar-refractivity contribution >= 4 is 11.5 Å². The molecule has 0 bridgehead atoms. The lowest BCUT2D eigenvalue weighted by atomic mass is 9.87. The summed E-state index contributed by atoms with van der Waals surface area (Å²) in [5, 5.41) is 0. The summed E-state index contributed by atoms with van der Waals surface area (Å²) in [5.41, 5.74) is 2.91. The third-order valence-corrected chi connectivity index (χ3v) is 4.39. The van der Waals surface area contributed by atoms with Crippen LogP contribution in [0.15, 0.2) is 60.7 Å². The molecule has 0 saturated heterocycles. The van der Waals surface area contributed by atoms with Crippen LogP contribution in [0.4, 0.5) is 0 Å². The van der Waals surface area contributed by atoms with Crippen molar-refractivity contribution in [2.45, 2.75) is 45.4 Å².